The van der Waals surface area contributed by atoms with Gasteiger partial charge in [-0.3, -0.25) is 4.90 Å². The lowest BCUT2D eigenvalue weighted by atomic mass is 10.2. The number of hydrogen-bond donors (Lipinski definition) is 1. The highest BCUT2D eigenvalue weighted by Gasteiger charge is 2.10. The van der Waals surface area contributed by atoms with Gasteiger partial charge in [0.25, 0.3) is 0 Å². The maximum absolute atomic E-state index is 5.18. The lowest BCUT2D eigenvalue weighted by molar-refractivity contribution is 0.206. The monoisotopic (exact) mass is 196 g/mol. The first-order valence-electron chi connectivity index (χ1n) is 5.64. The van der Waals surface area contributed by atoms with Crippen LogP contribution in [-0.4, -0.2) is 37.1 Å². The van der Waals surface area contributed by atoms with Crippen LogP contribution in [0.3, 0.4) is 0 Å². The largest absolute Gasteiger partial charge is 0.305 e. The molecule has 0 rings (SSSR count). The van der Waals surface area contributed by atoms with Crippen molar-refractivity contribution in [3.63, 3.8) is 0 Å². The summed E-state index contributed by atoms with van der Waals surface area (Å²) in [4.78, 5) is 2.52. The molecule has 0 heterocycles. The fourth-order valence-electron chi connectivity index (χ4n) is 1.61. The van der Waals surface area contributed by atoms with Gasteiger partial charge < -0.3 is 5.32 Å². The second-order valence-corrected chi connectivity index (χ2v) is 3.72. The van der Waals surface area contributed by atoms with E-state index >= 15 is 0 Å². The number of hydrogen-bond acceptors (Lipinski definition) is 2. The molecular formula is C12H24N2. The van der Waals surface area contributed by atoms with Crippen molar-refractivity contribution in [1.82, 2.24) is 10.2 Å². The zero-order valence-corrected chi connectivity index (χ0v) is 9.84. The van der Waals surface area contributed by atoms with Crippen molar-refractivity contribution in [2.75, 3.05) is 26.2 Å². The number of terminal acetylenes is 1. The summed E-state index contributed by atoms with van der Waals surface area (Å²) in [5.41, 5.74) is 0. The SMILES string of the molecule is C#CCNCC(C)N(CCC)CCC. The molecule has 0 amide bonds. The van der Waals surface area contributed by atoms with E-state index in [-0.39, 0.29) is 0 Å². The molecular weight excluding hydrogens is 172 g/mol. The normalized spacial score (nSPS) is 12.8. The summed E-state index contributed by atoms with van der Waals surface area (Å²) >= 11 is 0. The quantitative estimate of drug-likeness (QED) is 0.470. The van der Waals surface area contributed by atoms with E-state index in [1.54, 1.807) is 0 Å². The van der Waals surface area contributed by atoms with Crippen LogP contribution < -0.4 is 5.32 Å². The molecule has 0 aliphatic heterocycles. The van der Waals surface area contributed by atoms with Gasteiger partial charge in [-0.05, 0) is 32.9 Å². The van der Waals surface area contributed by atoms with Crippen molar-refractivity contribution in [2.45, 2.75) is 39.7 Å². The summed E-state index contributed by atoms with van der Waals surface area (Å²) in [5, 5.41) is 3.25. The van der Waals surface area contributed by atoms with E-state index in [0.717, 1.165) is 6.54 Å². The summed E-state index contributed by atoms with van der Waals surface area (Å²) in [6, 6.07) is 0.586. The van der Waals surface area contributed by atoms with Gasteiger partial charge in [0.2, 0.25) is 0 Å². The highest BCUT2D eigenvalue weighted by atomic mass is 15.2. The van der Waals surface area contributed by atoms with Crippen molar-refractivity contribution >= 4 is 0 Å². The number of nitrogens with one attached hydrogen (secondary N) is 1. The average Bonchev–Trinajstić information content (AvgIpc) is 2.18. The molecule has 82 valence electrons. The first-order valence-corrected chi connectivity index (χ1v) is 5.64. The van der Waals surface area contributed by atoms with E-state index < -0.39 is 0 Å². The van der Waals surface area contributed by atoms with Crippen LogP contribution in [0.15, 0.2) is 0 Å². The lowest BCUT2D eigenvalue weighted by Crippen LogP contribution is -2.41. The molecule has 14 heavy (non-hydrogen) atoms. The van der Waals surface area contributed by atoms with Crippen LogP contribution in [0.5, 0.6) is 0 Å². The Balaban J connectivity index is 3.76. The fraction of sp³-hybridized carbons (Fsp3) is 0.833. The highest BCUT2D eigenvalue weighted by molar-refractivity contribution is 4.87. The smallest absolute Gasteiger partial charge is 0.0574 e. The van der Waals surface area contributed by atoms with E-state index in [1.165, 1.54) is 25.9 Å². The maximum atomic E-state index is 5.18. The second kappa shape index (κ2) is 9.05. The Morgan fingerprint density at radius 1 is 1.29 bits per heavy atom. The third-order valence-corrected chi connectivity index (χ3v) is 2.31. The lowest BCUT2D eigenvalue weighted by Gasteiger charge is -2.28. The van der Waals surface area contributed by atoms with Gasteiger partial charge in [0.05, 0.1) is 6.54 Å². The van der Waals surface area contributed by atoms with Crippen molar-refractivity contribution < 1.29 is 0 Å². The molecule has 0 saturated heterocycles. The zero-order chi connectivity index (χ0) is 10.8. The molecule has 0 spiro atoms. The summed E-state index contributed by atoms with van der Waals surface area (Å²) in [6.45, 7) is 10.8. The van der Waals surface area contributed by atoms with Gasteiger partial charge in [-0.1, -0.05) is 19.8 Å². The van der Waals surface area contributed by atoms with Crippen LogP contribution in [0.2, 0.25) is 0 Å². The second-order valence-electron chi connectivity index (χ2n) is 3.72. The molecule has 2 nitrogen and oxygen atoms in total. The number of rotatable bonds is 8. The standard InChI is InChI=1S/C12H24N2/c1-5-8-13-11-12(4)14(9-6-2)10-7-3/h1,12-13H,6-11H2,2-4H3. The van der Waals surface area contributed by atoms with E-state index in [9.17, 15) is 0 Å². The van der Waals surface area contributed by atoms with E-state index in [2.05, 4.69) is 36.9 Å². The van der Waals surface area contributed by atoms with Crippen LogP contribution in [0, 0.1) is 12.3 Å². The molecule has 0 aliphatic rings. The van der Waals surface area contributed by atoms with Crippen LogP contribution in [0.1, 0.15) is 33.6 Å². The Morgan fingerprint density at radius 2 is 1.86 bits per heavy atom. The third kappa shape index (κ3) is 6.01. The molecule has 0 aromatic rings. The minimum Gasteiger partial charge on any atom is -0.305 e. The van der Waals surface area contributed by atoms with Crippen LogP contribution >= 0.6 is 0 Å². The molecule has 1 unspecified atom stereocenters. The number of nitrogens with zero attached hydrogens (tertiary/aromatic N) is 1. The summed E-state index contributed by atoms with van der Waals surface area (Å²) in [7, 11) is 0. The molecule has 0 saturated carbocycles. The third-order valence-electron chi connectivity index (χ3n) is 2.31. The first kappa shape index (κ1) is 13.5. The van der Waals surface area contributed by atoms with Gasteiger partial charge in [0.1, 0.15) is 0 Å². The van der Waals surface area contributed by atoms with Gasteiger partial charge in [-0.25, -0.2) is 0 Å². The molecule has 2 heteroatoms. The van der Waals surface area contributed by atoms with Gasteiger partial charge >= 0.3 is 0 Å². The van der Waals surface area contributed by atoms with Crippen molar-refractivity contribution in [2.24, 2.45) is 0 Å². The van der Waals surface area contributed by atoms with Crippen LogP contribution in [-0.2, 0) is 0 Å². The van der Waals surface area contributed by atoms with E-state index in [4.69, 9.17) is 6.42 Å². The summed E-state index contributed by atoms with van der Waals surface area (Å²) in [6.07, 6.45) is 7.63. The van der Waals surface area contributed by atoms with E-state index in [1.807, 2.05) is 0 Å². The van der Waals surface area contributed by atoms with Crippen molar-refractivity contribution in [3.8, 4) is 12.3 Å². The minimum absolute atomic E-state index is 0.586. The van der Waals surface area contributed by atoms with Gasteiger partial charge in [0.15, 0.2) is 0 Å². The molecule has 0 aromatic heterocycles. The zero-order valence-electron chi connectivity index (χ0n) is 9.84. The van der Waals surface area contributed by atoms with Gasteiger partial charge in [-0.2, -0.15) is 0 Å². The minimum atomic E-state index is 0.586. The summed E-state index contributed by atoms with van der Waals surface area (Å²) in [5.74, 6) is 2.60. The van der Waals surface area contributed by atoms with E-state index in [0.29, 0.717) is 12.6 Å². The first-order chi connectivity index (χ1) is 6.76. The average molecular weight is 196 g/mol. The predicted octanol–water partition coefficient (Wildman–Crippen LogP) is 1.72. The highest BCUT2D eigenvalue weighted by Crippen LogP contribution is 2.00. The Bertz CT molecular complexity index is 154. The Morgan fingerprint density at radius 3 is 2.29 bits per heavy atom. The fourth-order valence-corrected chi connectivity index (χ4v) is 1.61. The Kier molecular flexibility index (Phi) is 8.72. The molecule has 0 radical (unpaired) electrons. The molecule has 1 N–H and O–H groups in total. The molecule has 0 aromatic carbocycles. The molecule has 0 fully saturated rings. The summed E-state index contributed by atoms with van der Waals surface area (Å²) < 4.78 is 0. The van der Waals surface area contributed by atoms with Crippen LogP contribution in [0.4, 0.5) is 0 Å². The topological polar surface area (TPSA) is 15.3 Å². The molecule has 0 bridgehead atoms. The van der Waals surface area contributed by atoms with Crippen molar-refractivity contribution in [3.05, 3.63) is 0 Å². The maximum Gasteiger partial charge on any atom is 0.0574 e. The van der Waals surface area contributed by atoms with Crippen molar-refractivity contribution in [1.29, 1.82) is 0 Å². The predicted molar refractivity (Wildman–Crippen MR) is 63.3 cm³/mol. The molecule has 1 atom stereocenters. The Hall–Kier alpha value is -0.520. The molecule has 0 aliphatic carbocycles. The Labute approximate surface area is 89.1 Å². The van der Waals surface area contributed by atoms with Gasteiger partial charge in [-0.15, -0.1) is 6.42 Å². The van der Waals surface area contributed by atoms with Gasteiger partial charge in [0, 0.05) is 12.6 Å². The van der Waals surface area contributed by atoms with Crippen LogP contribution in [0.25, 0.3) is 0 Å².